The number of piperidine rings is 2. The molecule has 0 atom stereocenters. The number of fused-ring (bicyclic) bond motifs is 1. The van der Waals surface area contributed by atoms with Crippen LogP contribution in [-0.4, -0.2) is 67.5 Å². The predicted molar refractivity (Wildman–Crippen MR) is 164 cm³/mol. The van der Waals surface area contributed by atoms with E-state index in [4.69, 9.17) is 23.2 Å². The number of hydrogen-bond donors (Lipinski definition) is 2. The number of aromatic amines is 1. The third kappa shape index (κ3) is 7.03. The van der Waals surface area contributed by atoms with Gasteiger partial charge in [0.2, 0.25) is 10.0 Å². The molecule has 0 aliphatic carbocycles. The molecule has 214 valence electrons. The Morgan fingerprint density at radius 3 is 2.48 bits per heavy atom. The van der Waals surface area contributed by atoms with Crippen LogP contribution in [0.2, 0.25) is 10.0 Å². The number of allylic oxidation sites excluding steroid dienone is 1. The summed E-state index contributed by atoms with van der Waals surface area (Å²) < 4.78 is 26.7. The summed E-state index contributed by atoms with van der Waals surface area (Å²) in [6.45, 7) is 6.79. The van der Waals surface area contributed by atoms with Crippen LogP contribution in [0.5, 0.6) is 0 Å². The Balaban J connectivity index is 1.09. The highest BCUT2D eigenvalue weighted by molar-refractivity contribution is 7.92. The molecule has 2 saturated heterocycles. The first-order valence-electron chi connectivity index (χ1n) is 14.0. The van der Waals surface area contributed by atoms with Crippen LogP contribution in [0.1, 0.15) is 54.4 Å². The summed E-state index contributed by atoms with van der Waals surface area (Å²) in [5.41, 5.74) is 3.48. The van der Waals surface area contributed by atoms with Gasteiger partial charge in [0.05, 0.1) is 15.8 Å². The molecule has 3 aromatic rings. The average molecular weight is 604 g/mol. The lowest BCUT2D eigenvalue weighted by Crippen LogP contribution is -2.40. The number of hydrogen-bond acceptors (Lipinski definition) is 5. The molecule has 0 bridgehead atoms. The fraction of sp³-hybridized carbons (Fsp3) is 0.433. The molecule has 1 aromatic heterocycles. The van der Waals surface area contributed by atoms with Gasteiger partial charge >= 0.3 is 0 Å². The maximum Gasteiger partial charge on any atom is 0.232 e. The molecule has 40 heavy (non-hydrogen) atoms. The van der Waals surface area contributed by atoms with Crippen LogP contribution in [0.4, 0.5) is 5.69 Å². The molecule has 0 saturated carbocycles. The second kappa shape index (κ2) is 12.6. The van der Waals surface area contributed by atoms with Crippen molar-refractivity contribution in [1.82, 2.24) is 14.8 Å². The van der Waals surface area contributed by atoms with Crippen LogP contribution in [0, 0.1) is 5.92 Å². The summed E-state index contributed by atoms with van der Waals surface area (Å²) in [6.07, 6.45) is 10.0. The van der Waals surface area contributed by atoms with Crippen molar-refractivity contribution in [3.05, 3.63) is 76.0 Å². The van der Waals surface area contributed by atoms with Gasteiger partial charge < -0.3 is 14.8 Å². The van der Waals surface area contributed by atoms with Gasteiger partial charge in [0.1, 0.15) is 0 Å². The van der Waals surface area contributed by atoms with E-state index in [1.165, 1.54) is 5.56 Å². The van der Waals surface area contributed by atoms with Crippen LogP contribution >= 0.6 is 23.2 Å². The molecule has 0 unspecified atom stereocenters. The van der Waals surface area contributed by atoms with Crippen LogP contribution in [0.15, 0.2) is 54.9 Å². The number of aromatic nitrogens is 1. The zero-order valence-electron chi connectivity index (χ0n) is 22.7. The number of benzene rings is 2. The van der Waals surface area contributed by atoms with E-state index in [9.17, 15) is 13.2 Å². The summed E-state index contributed by atoms with van der Waals surface area (Å²) in [4.78, 5) is 20.7. The van der Waals surface area contributed by atoms with Crippen LogP contribution in [0.25, 0.3) is 10.9 Å². The zero-order valence-corrected chi connectivity index (χ0v) is 25.0. The molecule has 2 aliphatic heterocycles. The number of rotatable bonds is 9. The lowest BCUT2D eigenvalue weighted by Gasteiger charge is -2.37. The van der Waals surface area contributed by atoms with Crippen LogP contribution in [0.3, 0.4) is 0 Å². The van der Waals surface area contributed by atoms with Gasteiger partial charge in [-0.05, 0) is 99.5 Å². The van der Waals surface area contributed by atoms with Crippen molar-refractivity contribution in [2.75, 3.05) is 43.2 Å². The maximum atomic E-state index is 12.5. The second-order valence-electron chi connectivity index (χ2n) is 10.9. The first kappa shape index (κ1) is 29.0. The zero-order chi connectivity index (χ0) is 28.3. The number of H-pyrrole nitrogens is 1. The number of ketones is 1. The fourth-order valence-corrected chi connectivity index (χ4v) is 6.72. The van der Waals surface area contributed by atoms with Gasteiger partial charge in [-0.1, -0.05) is 23.2 Å². The topological polar surface area (TPSA) is 85.5 Å². The number of carbonyl (C=O) groups excluding carboxylic acids is 1. The third-order valence-electron chi connectivity index (χ3n) is 8.20. The lowest BCUT2D eigenvalue weighted by atomic mass is 9.88. The summed E-state index contributed by atoms with van der Waals surface area (Å²) in [7, 11) is -3.31. The van der Waals surface area contributed by atoms with E-state index in [0.717, 1.165) is 69.3 Å². The van der Waals surface area contributed by atoms with E-state index in [1.807, 2.05) is 24.4 Å². The second-order valence-corrected chi connectivity index (χ2v) is 13.7. The van der Waals surface area contributed by atoms with Gasteiger partial charge in [0, 0.05) is 60.3 Å². The van der Waals surface area contributed by atoms with E-state index >= 15 is 0 Å². The summed E-state index contributed by atoms with van der Waals surface area (Å²) >= 11 is 12.0. The minimum absolute atomic E-state index is 0.0545. The first-order valence-corrected chi connectivity index (χ1v) is 16.4. The molecular weight excluding hydrogens is 567 g/mol. The number of carbonyl (C=O) groups is 1. The van der Waals surface area contributed by atoms with Gasteiger partial charge in [0.25, 0.3) is 0 Å². The van der Waals surface area contributed by atoms with Crippen molar-refractivity contribution in [3.63, 3.8) is 0 Å². The van der Waals surface area contributed by atoms with Crippen molar-refractivity contribution < 1.29 is 13.2 Å². The van der Waals surface area contributed by atoms with E-state index in [0.29, 0.717) is 33.1 Å². The summed E-state index contributed by atoms with van der Waals surface area (Å²) in [5, 5.41) is 1.94. The lowest BCUT2D eigenvalue weighted by molar-refractivity contribution is 0.104. The van der Waals surface area contributed by atoms with Gasteiger partial charge in [-0.25, -0.2) is 8.42 Å². The van der Waals surface area contributed by atoms with Gasteiger partial charge in [-0.15, -0.1) is 0 Å². The van der Waals surface area contributed by atoms with Crippen molar-refractivity contribution in [1.29, 1.82) is 0 Å². The maximum absolute atomic E-state index is 12.5. The smallest absolute Gasteiger partial charge is 0.232 e. The molecule has 2 fully saturated rings. The first-order chi connectivity index (χ1) is 19.2. The van der Waals surface area contributed by atoms with Crippen molar-refractivity contribution in [2.24, 2.45) is 5.92 Å². The Bertz CT molecular complexity index is 1490. The molecule has 2 N–H and O–H groups in total. The quantitative estimate of drug-likeness (QED) is 0.215. The van der Waals surface area contributed by atoms with E-state index in [1.54, 1.807) is 31.2 Å². The molecule has 0 amide bonds. The monoisotopic (exact) mass is 602 g/mol. The Morgan fingerprint density at radius 1 is 1.02 bits per heavy atom. The molecule has 3 heterocycles. The van der Waals surface area contributed by atoms with Crippen LogP contribution < -0.4 is 4.72 Å². The SMILES string of the molecule is CCS(=O)(=O)Nc1ccc2[nH]cc(C3CCN(CC4CCN(/C=C/C(=O)c5ccc(Cl)c(Cl)c5)CC4)CC3)c2c1. The number of halogens is 2. The van der Waals surface area contributed by atoms with E-state index in [-0.39, 0.29) is 11.5 Å². The van der Waals surface area contributed by atoms with Crippen molar-refractivity contribution in [2.45, 2.75) is 38.5 Å². The van der Waals surface area contributed by atoms with Crippen LogP contribution in [-0.2, 0) is 10.0 Å². The fourth-order valence-electron chi connectivity index (χ4n) is 5.79. The van der Waals surface area contributed by atoms with Crippen molar-refractivity contribution in [3.8, 4) is 0 Å². The predicted octanol–water partition coefficient (Wildman–Crippen LogP) is 6.52. The number of likely N-dealkylation sites (tertiary alicyclic amines) is 2. The molecular formula is C30H36Cl2N4O3S. The van der Waals surface area contributed by atoms with Gasteiger partial charge in [-0.2, -0.15) is 0 Å². The molecule has 0 radical (unpaired) electrons. The standard InChI is InChI=1S/C30H36Cl2N4O3S/c1-2-40(38,39)34-24-4-6-29-25(18-24)26(19-33-29)22-9-14-36(15-10-22)20-21-7-12-35(13-8-21)16-11-30(37)23-3-5-27(31)28(32)17-23/h3-6,11,16-19,21-22,33-34H,2,7-10,12-15,20H2,1H3/b16-11+. The highest BCUT2D eigenvalue weighted by atomic mass is 35.5. The highest BCUT2D eigenvalue weighted by Crippen LogP contribution is 2.35. The molecule has 0 spiro atoms. The van der Waals surface area contributed by atoms with E-state index in [2.05, 4.69) is 25.7 Å². The average Bonchev–Trinajstić information content (AvgIpc) is 3.37. The summed E-state index contributed by atoms with van der Waals surface area (Å²) in [5.74, 6) is 1.10. The highest BCUT2D eigenvalue weighted by Gasteiger charge is 2.26. The van der Waals surface area contributed by atoms with Gasteiger partial charge in [0.15, 0.2) is 5.78 Å². The molecule has 7 nitrogen and oxygen atoms in total. The summed E-state index contributed by atoms with van der Waals surface area (Å²) in [6, 6.07) is 10.7. The minimum Gasteiger partial charge on any atom is -0.377 e. The Morgan fingerprint density at radius 2 is 1.77 bits per heavy atom. The number of nitrogens with zero attached hydrogens (tertiary/aromatic N) is 2. The van der Waals surface area contributed by atoms with E-state index < -0.39 is 10.0 Å². The Kier molecular flexibility index (Phi) is 9.10. The number of anilines is 1. The largest absolute Gasteiger partial charge is 0.377 e. The normalized spacial score (nSPS) is 18.1. The number of sulfonamides is 1. The molecule has 5 rings (SSSR count). The Hall–Kier alpha value is -2.52. The minimum atomic E-state index is -3.31. The Labute approximate surface area is 246 Å². The molecule has 2 aromatic carbocycles. The molecule has 2 aliphatic rings. The van der Waals surface area contributed by atoms with Gasteiger partial charge in [-0.3, -0.25) is 9.52 Å². The molecule has 10 heteroatoms. The number of nitrogens with one attached hydrogen (secondary N) is 2. The third-order valence-corrected chi connectivity index (χ3v) is 10.2. The van der Waals surface area contributed by atoms with Crippen molar-refractivity contribution >= 4 is 55.6 Å².